The van der Waals surface area contributed by atoms with Crippen LogP contribution >= 0.6 is 11.6 Å². The van der Waals surface area contributed by atoms with Crippen LogP contribution in [0.15, 0.2) is 30.6 Å². The largest absolute Gasteiger partial charge is 0.356 e. The monoisotopic (exact) mass is 374 g/mol. The summed E-state index contributed by atoms with van der Waals surface area (Å²) in [5.74, 6) is 0.748. The minimum absolute atomic E-state index is 0.00154. The number of nitrogens with one attached hydrogen (secondary N) is 1. The fourth-order valence-corrected chi connectivity index (χ4v) is 3.53. The summed E-state index contributed by atoms with van der Waals surface area (Å²) in [5.41, 5.74) is 1.61. The maximum absolute atomic E-state index is 13.3. The van der Waals surface area contributed by atoms with Crippen LogP contribution in [0.1, 0.15) is 37.3 Å². The molecule has 136 valence electrons. The molecule has 0 spiro atoms. The number of carbonyl (C=O) groups is 1. The molecule has 2 fully saturated rings. The standard InChI is InChI=1S/C19H20ClFN4O/c20-15-8-14(5-6-16(15)21)24-19(26)13-2-1-7-25(10-13)18-9-17(12-3-4-12)22-11-23-18/h5-6,8-9,11-13H,1-4,7,10H2,(H,24,26)/t13-/m1/s1. The third kappa shape index (κ3) is 3.80. The van der Waals surface area contributed by atoms with Crippen molar-refractivity contribution in [3.63, 3.8) is 0 Å². The molecule has 1 aromatic heterocycles. The van der Waals surface area contributed by atoms with Crippen LogP contribution < -0.4 is 10.2 Å². The normalized spacial score (nSPS) is 20.1. The van der Waals surface area contributed by atoms with E-state index in [9.17, 15) is 9.18 Å². The third-order valence-electron chi connectivity index (χ3n) is 4.97. The quantitative estimate of drug-likeness (QED) is 0.878. The highest BCUT2D eigenvalue weighted by molar-refractivity contribution is 6.31. The molecule has 0 unspecified atom stereocenters. The minimum Gasteiger partial charge on any atom is -0.356 e. The number of halogens is 2. The second-order valence-corrected chi connectivity index (χ2v) is 7.39. The Morgan fingerprint density at radius 3 is 2.85 bits per heavy atom. The first-order valence-corrected chi connectivity index (χ1v) is 9.31. The number of hydrogen-bond acceptors (Lipinski definition) is 4. The van der Waals surface area contributed by atoms with Gasteiger partial charge in [-0.3, -0.25) is 4.79 Å². The zero-order chi connectivity index (χ0) is 18.1. The van der Waals surface area contributed by atoms with Gasteiger partial charge in [0.15, 0.2) is 0 Å². The second kappa shape index (κ2) is 7.19. The Balaban J connectivity index is 1.43. The van der Waals surface area contributed by atoms with Crippen LogP contribution in [0.2, 0.25) is 5.02 Å². The molecule has 2 heterocycles. The molecule has 1 saturated carbocycles. The van der Waals surface area contributed by atoms with Crippen LogP contribution in [-0.4, -0.2) is 29.0 Å². The number of benzene rings is 1. The molecule has 1 aromatic carbocycles. The van der Waals surface area contributed by atoms with E-state index in [0.29, 0.717) is 18.2 Å². The molecule has 1 amide bonds. The topological polar surface area (TPSA) is 58.1 Å². The first-order valence-electron chi connectivity index (χ1n) is 8.93. The summed E-state index contributed by atoms with van der Waals surface area (Å²) in [6.45, 7) is 1.50. The SMILES string of the molecule is O=C(Nc1ccc(F)c(Cl)c1)[C@@H]1CCCN(c2cc(C3CC3)ncn2)C1. The van der Waals surface area contributed by atoms with Crippen molar-refractivity contribution >= 4 is 29.0 Å². The van der Waals surface area contributed by atoms with Crippen molar-refractivity contribution in [1.29, 1.82) is 0 Å². The van der Waals surface area contributed by atoms with E-state index in [4.69, 9.17) is 11.6 Å². The van der Waals surface area contributed by atoms with E-state index >= 15 is 0 Å². The van der Waals surface area contributed by atoms with Crippen LogP contribution in [0.5, 0.6) is 0 Å². The molecule has 1 aliphatic carbocycles. The van der Waals surface area contributed by atoms with Crippen molar-refractivity contribution < 1.29 is 9.18 Å². The molecule has 2 aromatic rings. The van der Waals surface area contributed by atoms with Gasteiger partial charge in [-0.1, -0.05) is 11.6 Å². The first-order chi connectivity index (χ1) is 12.6. The molecule has 5 nitrogen and oxygen atoms in total. The summed E-state index contributed by atoms with van der Waals surface area (Å²) in [7, 11) is 0. The van der Waals surface area contributed by atoms with E-state index < -0.39 is 5.82 Å². The van der Waals surface area contributed by atoms with Crippen molar-refractivity contribution in [1.82, 2.24) is 9.97 Å². The molecule has 1 atom stereocenters. The van der Waals surface area contributed by atoms with Crippen molar-refractivity contribution in [3.8, 4) is 0 Å². The number of amides is 1. The van der Waals surface area contributed by atoms with Gasteiger partial charge in [-0.05, 0) is 43.9 Å². The van der Waals surface area contributed by atoms with Crippen LogP contribution in [0, 0.1) is 11.7 Å². The van der Waals surface area contributed by atoms with Gasteiger partial charge < -0.3 is 10.2 Å². The third-order valence-corrected chi connectivity index (χ3v) is 5.26. The number of hydrogen-bond donors (Lipinski definition) is 1. The number of carbonyl (C=O) groups excluding carboxylic acids is 1. The van der Waals surface area contributed by atoms with Crippen LogP contribution in [0.25, 0.3) is 0 Å². The van der Waals surface area contributed by atoms with Crippen LogP contribution in [-0.2, 0) is 4.79 Å². The van der Waals surface area contributed by atoms with E-state index in [1.165, 1.54) is 31.0 Å². The van der Waals surface area contributed by atoms with Crippen LogP contribution in [0.3, 0.4) is 0 Å². The summed E-state index contributed by atoms with van der Waals surface area (Å²) in [4.78, 5) is 23.5. The highest BCUT2D eigenvalue weighted by Crippen LogP contribution is 2.39. The fourth-order valence-electron chi connectivity index (χ4n) is 3.35. The van der Waals surface area contributed by atoms with Gasteiger partial charge in [0, 0.05) is 36.5 Å². The fraction of sp³-hybridized carbons (Fsp3) is 0.421. The summed E-state index contributed by atoms with van der Waals surface area (Å²) in [6, 6.07) is 6.26. The lowest BCUT2D eigenvalue weighted by Crippen LogP contribution is -2.41. The van der Waals surface area contributed by atoms with Crippen LogP contribution in [0.4, 0.5) is 15.9 Å². The Bertz CT molecular complexity index is 827. The van der Waals surface area contributed by atoms with Crippen molar-refractivity contribution in [2.24, 2.45) is 5.92 Å². The number of nitrogens with zero attached hydrogens (tertiary/aromatic N) is 3. The molecular formula is C19H20ClFN4O. The Morgan fingerprint density at radius 2 is 2.08 bits per heavy atom. The zero-order valence-electron chi connectivity index (χ0n) is 14.3. The molecule has 0 radical (unpaired) electrons. The lowest BCUT2D eigenvalue weighted by atomic mass is 9.97. The molecule has 7 heteroatoms. The van der Waals surface area contributed by atoms with Gasteiger partial charge >= 0.3 is 0 Å². The van der Waals surface area contributed by atoms with Crippen molar-refractivity contribution in [3.05, 3.63) is 47.1 Å². The highest BCUT2D eigenvalue weighted by Gasteiger charge is 2.29. The molecule has 1 saturated heterocycles. The van der Waals surface area contributed by atoms with Gasteiger partial charge in [0.05, 0.1) is 10.9 Å². The van der Waals surface area contributed by atoms with Gasteiger partial charge in [-0.2, -0.15) is 0 Å². The number of aromatic nitrogens is 2. The van der Waals surface area contributed by atoms with Crippen molar-refractivity contribution in [2.45, 2.75) is 31.6 Å². The molecule has 1 aliphatic heterocycles. The minimum atomic E-state index is -0.497. The van der Waals surface area contributed by atoms with E-state index in [2.05, 4.69) is 26.3 Å². The molecule has 2 aliphatic rings. The second-order valence-electron chi connectivity index (χ2n) is 6.98. The predicted molar refractivity (Wildman–Crippen MR) is 99.0 cm³/mol. The Kier molecular flexibility index (Phi) is 4.76. The van der Waals surface area contributed by atoms with Gasteiger partial charge in [0.1, 0.15) is 18.0 Å². The average Bonchev–Trinajstić information content (AvgIpc) is 3.50. The first kappa shape index (κ1) is 17.2. The van der Waals surface area contributed by atoms with Gasteiger partial charge in [-0.25, -0.2) is 14.4 Å². The molecule has 4 rings (SSSR count). The Hall–Kier alpha value is -2.21. The van der Waals surface area contributed by atoms with E-state index in [-0.39, 0.29) is 16.8 Å². The average molecular weight is 375 g/mol. The maximum Gasteiger partial charge on any atom is 0.229 e. The lowest BCUT2D eigenvalue weighted by Gasteiger charge is -2.33. The summed E-state index contributed by atoms with van der Waals surface area (Å²) >= 11 is 5.78. The van der Waals surface area contributed by atoms with Gasteiger partial charge in [-0.15, -0.1) is 0 Å². The van der Waals surface area contributed by atoms with E-state index in [1.807, 2.05) is 0 Å². The predicted octanol–water partition coefficient (Wildman–Crippen LogP) is 4.00. The van der Waals surface area contributed by atoms with E-state index in [1.54, 1.807) is 6.33 Å². The van der Waals surface area contributed by atoms with E-state index in [0.717, 1.165) is 30.9 Å². The van der Waals surface area contributed by atoms with Gasteiger partial charge in [0.25, 0.3) is 0 Å². The van der Waals surface area contributed by atoms with Gasteiger partial charge in [0.2, 0.25) is 5.91 Å². The number of anilines is 2. The molecule has 26 heavy (non-hydrogen) atoms. The number of piperidine rings is 1. The summed E-state index contributed by atoms with van der Waals surface area (Å²) in [5, 5.41) is 2.84. The number of rotatable bonds is 4. The molecule has 0 bridgehead atoms. The Labute approximate surface area is 156 Å². The molecular weight excluding hydrogens is 355 g/mol. The summed E-state index contributed by atoms with van der Waals surface area (Å²) < 4.78 is 13.3. The highest BCUT2D eigenvalue weighted by atomic mass is 35.5. The van der Waals surface area contributed by atoms with Crippen molar-refractivity contribution in [2.75, 3.05) is 23.3 Å². The lowest BCUT2D eigenvalue weighted by molar-refractivity contribution is -0.120. The molecule has 1 N–H and O–H groups in total. The zero-order valence-corrected chi connectivity index (χ0v) is 15.0. The smallest absolute Gasteiger partial charge is 0.229 e. The Morgan fingerprint density at radius 1 is 1.23 bits per heavy atom. The summed E-state index contributed by atoms with van der Waals surface area (Å²) in [6.07, 6.45) is 5.75. The maximum atomic E-state index is 13.3.